The molecule has 0 radical (unpaired) electrons. The molecule has 0 saturated heterocycles. The van der Waals surface area contributed by atoms with E-state index in [0.29, 0.717) is 11.4 Å². The van der Waals surface area contributed by atoms with E-state index in [9.17, 15) is 4.79 Å². The molecule has 0 spiro atoms. The maximum atomic E-state index is 12.1. The molecule has 2 heterocycles. The summed E-state index contributed by atoms with van der Waals surface area (Å²) in [4.78, 5) is 21.6. The van der Waals surface area contributed by atoms with Gasteiger partial charge in [-0.3, -0.25) is 9.69 Å². The van der Waals surface area contributed by atoms with Crippen LogP contribution in [-0.4, -0.2) is 22.9 Å². The quantitative estimate of drug-likeness (QED) is 0.841. The largest absolute Gasteiger partial charge is 0.383 e. The topological polar surface area (TPSA) is 72.1 Å². The van der Waals surface area contributed by atoms with Gasteiger partial charge in [0.15, 0.2) is 0 Å². The fourth-order valence-electron chi connectivity index (χ4n) is 1.44. The average molecular weight is 228 g/mol. The number of anilines is 2. The monoisotopic (exact) mass is 228 g/mol. The number of pyridine rings is 2. The predicted octanol–water partition coefficient (Wildman–Crippen LogP) is 1.34. The van der Waals surface area contributed by atoms with Crippen LogP contribution in [0.2, 0.25) is 0 Å². The molecule has 0 aliphatic carbocycles. The van der Waals surface area contributed by atoms with Gasteiger partial charge in [0, 0.05) is 19.4 Å². The van der Waals surface area contributed by atoms with Gasteiger partial charge in [-0.05, 0) is 24.3 Å². The number of rotatable bonds is 2. The zero-order valence-electron chi connectivity index (χ0n) is 9.37. The molecule has 0 atom stereocenters. The Morgan fingerprint density at radius 2 is 1.94 bits per heavy atom. The molecule has 2 aromatic heterocycles. The Balaban J connectivity index is 2.30. The third-order valence-corrected chi connectivity index (χ3v) is 2.37. The Hall–Kier alpha value is -2.43. The molecule has 2 rings (SSSR count). The van der Waals surface area contributed by atoms with Crippen LogP contribution in [0.4, 0.5) is 11.6 Å². The maximum Gasteiger partial charge on any atom is 0.262 e. The van der Waals surface area contributed by atoms with Gasteiger partial charge >= 0.3 is 0 Å². The highest BCUT2D eigenvalue weighted by Gasteiger charge is 2.16. The normalized spacial score (nSPS) is 9.94. The van der Waals surface area contributed by atoms with Crippen molar-refractivity contribution in [2.24, 2.45) is 0 Å². The fraction of sp³-hybridized carbons (Fsp3) is 0.0833. The minimum absolute atomic E-state index is 0.222. The van der Waals surface area contributed by atoms with Crippen LogP contribution in [0.3, 0.4) is 0 Å². The average Bonchev–Trinajstić information content (AvgIpc) is 2.39. The molecule has 0 saturated carbocycles. The first-order chi connectivity index (χ1) is 8.20. The molecule has 17 heavy (non-hydrogen) atoms. The van der Waals surface area contributed by atoms with Crippen LogP contribution in [0, 0.1) is 0 Å². The molecular weight excluding hydrogens is 216 g/mol. The zero-order valence-corrected chi connectivity index (χ0v) is 9.37. The van der Waals surface area contributed by atoms with Crippen molar-refractivity contribution >= 4 is 17.5 Å². The Morgan fingerprint density at radius 1 is 1.18 bits per heavy atom. The van der Waals surface area contributed by atoms with E-state index >= 15 is 0 Å². The Bertz CT molecular complexity index is 527. The molecule has 1 amide bonds. The van der Waals surface area contributed by atoms with Crippen molar-refractivity contribution in [3.8, 4) is 0 Å². The first-order valence-corrected chi connectivity index (χ1v) is 5.09. The van der Waals surface area contributed by atoms with Crippen molar-refractivity contribution in [2.75, 3.05) is 17.7 Å². The van der Waals surface area contributed by atoms with Gasteiger partial charge in [0.2, 0.25) is 0 Å². The van der Waals surface area contributed by atoms with Gasteiger partial charge in [-0.15, -0.1) is 0 Å². The van der Waals surface area contributed by atoms with E-state index in [4.69, 9.17) is 5.73 Å². The highest BCUT2D eigenvalue weighted by molar-refractivity contribution is 6.07. The van der Waals surface area contributed by atoms with Gasteiger partial charge in [-0.2, -0.15) is 0 Å². The second kappa shape index (κ2) is 4.61. The van der Waals surface area contributed by atoms with Crippen molar-refractivity contribution < 1.29 is 4.79 Å². The van der Waals surface area contributed by atoms with Gasteiger partial charge in [0.1, 0.15) is 11.6 Å². The second-order valence-corrected chi connectivity index (χ2v) is 3.49. The molecule has 0 aliphatic rings. The van der Waals surface area contributed by atoms with Crippen molar-refractivity contribution in [3.05, 3.63) is 48.3 Å². The van der Waals surface area contributed by atoms with E-state index < -0.39 is 0 Å². The number of nitrogens with two attached hydrogens (primary N) is 1. The minimum atomic E-state index is -0.227. The van der Waals surface area contributed by atoms with E-state index in [2.05, 4.69) is 9.97 Å². The molecule has 5 nitrogen and oxygen atoms in total. The van der Waals surface area contributed by atoms with Crippen molar-refractivity contribution in [1.82, 2.24) is 9.97 Å². The summed E-state index contributed by atoms with van der Waals surface area (Å²) in [6.45, 7) is 0. The number of hydrogen-bond donors (Lipinski definition) is 1. The van der Waals surface area contributed by atoms with Gasteiger partial charge < -0.3 is 5.73 Å². The third kappa shape index (κ3) is 2.23. The summed E-state index contributed by atoms with van der Waals surface area (Å²) in [5, 5.41) is 0. The fourth-order valence-corrected chi connectivity index (χ4v) is 1.44. The Labute approximate surface area is 98.9 Å². The number of carbonyl (C=O) groups is 1. The lowest BCUT2D eigenvalue weighted by atomic mass is 10.2. The van der Waals surface area contributed by atoms with E-state index in [1.165, 1.54) is 4.90 Å². The van der Waals surface area contributed by atoms with Crippen LogP contribution in [0.5, 0.6) is 0 Å². The summed E-state index contributed by atoms with van der Waals surface area (Å²) in [7, 11) is 1.65. The predicted molar refractivity (Wildman–Crippen MR) is 65.6 cm³/mol. The molecule has 0 aliphatic heterocycles. The highest BCUT2D eigenvalue weighted by Crippen LogP contribution is 2.14. The van der Waals surface area contributed by atoms with Gasteiger partial charge in [-0.1, -0.05) is 6.07 Å². The summed E-state index contributed by atoms with van der Waals surface area (Å²) in [5.41, 5.74) is 6.03. The lowest BCUT2D eigenvalue weighted by Gasteiger charge is -2.16. The minimum Gasteiger partial charge on any atom is -0.383 e. The molecule has 0 aromatic carbocycles. The standard InChI is InChI=1S/C12H12N4O/c1-16(10-6-2-3-7-14-10)12(17)9-5-4-8-15-11(9)13/h2-8H,1H3,(H2,13,15). The van der Waals surface area contributed by atoms with Gasteiger partial charge in [0.25, 0.3) is 5.91 Å². The van der Waals surface area contributed by atoms with Crippen LogP contribution in [0.15, 0.2) is 42.7 Å². The SMILES string of the molecule is CN(C(=O)c1cccnc1N)c1ccccn1. The highest BCUT2D eigenvalue weighted by atomic mass is 16.2. The first-order valence-electron chi connectivity index (χ1n) is 5.09. The molecule has 0 fully saturated rings. The smallest absolute Gasteiger partial charge is 0.262 e. The van der Waals surface area contributed by atoms with E-state index in [0.717, 1.165) is 0 Å². The molecule has 5 heteroatoms. The number of carbonyl (C=O) groups excluding carboxylic acids is 1. The Kier molecular flexibility index (Phi) is 3.00. The second-order valence-electron chi connectivity index (χ2n) is 3.49. The first kappa shape index (κ1) is 11.1. The van der Waals surface area contributed by atoms with Crippen LogP contribution >= 0.6 is 0 Å². The summed E-state index contributed by atoms with van der Waals surface area (Å²) >= 11 is 0. The number of nitrogen functional groups attached to an aromatic ring is 1. The summed E-state index contributed by atoms with van der Waals surface area (Å²) in [6, 6.07) is 8.68. The number of aromatic nitrogens is 2. The third-order valence-electron chi connectivity index (χ3n) is 2.37. The van der Waals surface area contributed by atoms with Crippen LogP contribution in [0.25, 0.3) is 0 Å². The molecule has 2 N–H and O–H groups in total. The molecular formula is C12H12N4O. The molecule has 0 bridgehead atoms. The van der Waals surface area contributed by atoms with E-state index in [1.54, 1.807) is 43.7 Å². The number of nitrogens with zero attached hydrogens (tertiary/aromatic N) is 3. The molecule has 86 valence electrons. The van der Waals surface area contributed by atoms with Gasteiger partial charge in [0.05, 0.1) is 5.56 Å². The van der Waals surface area contributed by atoms with Crippen LogP contribution in [0.1, 0.15) is 10.4 Å². The molecule has 2 aromatic rings. The van der Waals surface area contributed by atoms with Crippen LogP contribution in [-0.2, 0) is 0 Å². The lowest BCUT2D eigenvalue weighted by Crippen LogP contribution is -2.27. The van der Waals surface area contributed by atoms with E-state index in [1.807, 2.05) is 6.07 Å². The lowest BCUT2D eigenvalue weighted by molar-refractivity contribution is 0.0993. The summed E-state index contributed by atoms with van der Waals surface area (Å²) in [5.74, 6) is 0.565. The molecule has 0 unspecified atom stereocenters. The number of hydrogen-bond acceptors (Lipinski definition) is 4. The summed E-state index contributed by atoms with van der Waals surface area (Å²) in [6.07, 6.45) is 3.18. The zero-order chi connectivity index (χ0) is 12.3. The number of amides is 1. The van der Waals surface area contributed by atoms with Crippen LogP contribution < -0.4 is 10.6 Å². The Morgan fingerprint density at radius 3 is 2.59 bits per heavy atom. The van der Waals surface area contributed by atoms with Gasteiger partial charge in [-0.25, -0.2) is 9.97 Å². The van der Waals surface area contributed by atoms with E-state index in [-0.39, 0.29) is 11.7 Å². The van der Waals surface area contributed by atoms with Crippen molar-refractivity contribution in [3.63, 3.8) is 0 Å². The van der Waals surface area contributed by atoms with Crippen molar-refractivity contribution in [1.29, 1.82) is 0 Å². The van der Waals surface area contributed by atoms with Crippen molar-refractivity contribution in [2.45, 2.75) is 0 Å². The maximum absolute atomic E-state index is 12.1. The summed E-state index contributed by atoms with van der Waals surface area (Å²) < 4.78 is 0.